The molecule has 9 heteroatoms. The maximum Gasteiger partial charge on any atom is 0.255 e. The van der Waals surface area contributed by atoms with Gasteiger partial charge in [-0.1, -0.05) is 42.6 Å². The Balaban J connectivity index is 1.27. The van der Waals surface area contributed by atoms with Crippen LogP contribution >= 0.6 is 11.6 Å². The van der Waals surface area contributed by atoms with Gasteiger partial charge in [-0.2, -0.15) is 0 Å². The number of halogens is 1. The van der Waals surface area contributed by atoms with Crippen LogP contribution in [0.4, 0.5) is 0 Å². The number of carbonyl (C=O) groups excluding carboxylic acids is 2. The molecule has 8 nitrogen and oxygen atoms in total. The van der Waals surface area contributed by atoms with Gasteiger partial charge in [0.05, 0.1) is 30.4 Å². The van der Waals surface area contributed by atoms with Crippen LogP contribution in [0.3, 0.4) is 0 Å². The summed E-state index contributed by atoms with van der Waals surface area (Å²) in [5.74, 6) is 0.800. The first kappa shape index (κ1) is 28.5. The van der Waals surface area contributed by atoms with E-state index in [-0.39, 0.29) is 30.5 Å². The number of fused-ring (bicyclic) bond motifs is 5. The molecule has 0 spiro atoms. The first-order valence-electron chi connectivity index (χ1n) is 15.1. The van der Waals surface area contributed by atoms with Gasteiger partial charge in [0.25, 0.3) is 5.91 Å². The zero-order valence-electron chi connectivity index (χ0n) is 23.4. The van der Waals surface area contributed by atoms with Crippen LogP contribution in [0.5, 0.6) is 5.75 Å². The molecule has 4 aliphatic rings. The second kappa shape index (κ2) is 12.7. The van der Waals surface area contributed by atoms with Crippen LogP contribution in [-0.2, 0) is 16.1 Å². The summed E-state index contributed by atoms with van der Waals surface area (Å²) in [4.78, 5) is 29.2. The highest BCUT2D eigenvalue weighted by atomic mass is 35.5. The first-order valence-corrected chi connectivity index (χ1v) is 15.5. The average molecular weight is 582 g/mol. The molecule has 0 radical (unpaired) electrons. The first-order chi connectivity index (χ1) is 19.9. The molecule has 2 saturated heterocycles. The molecule has 41 heavy (non-hydrogen) atoms. The van der Waals surface area contributed by atoms with E-state index in [4.69, 9.17) is 21.1 Å². The molecular weight excluding hydrogens is 542 g/mol. The van der Waals surface area contributed by atoms with Crippen molar-refractivity contribution in [3.05, 3.63) is 64.2 Å². The van der Waals surface area contributed by atoms with Gasteiger partial charge >= 0.3 is 0 Å². The summed E-state index contributed by atoms with van der Waals surface area (Å²) in [6.45, 7) is 1.70. The highest BCUT2D eigenvalue weighted by Crippen LogP contribution is 2.37. The Morgan fingerprint density at radius 2 is 1.88 bits per heavy atom. The molecule has 2 aromatic rings. The molecule has 2 amide bonds. The molecule has 1 aliphatic carbocycles. The summed E-state index contributed by atoms with van der Waals surface area (Å²) in [5.41, 5.74) is 2.75. The second-order valence-electron chi connectivity index (χ2n) is 12.0. The van der Waals surface area contributed by atoms with E-state index in [9.17, 15) is 14.7 Å². The number of hydrogen-bond donors (Lipinski definition) is 3. The predicted molar refractivity (Wildman–Crippen MR) is 156 cm³/mol. The van der Waals surface area contributed by atoms with Crippen molar-refractivity contribution in [3.8, 4) is 5.75 Å². The van der Waals surface area contributed by atoms with E-state index in [1.807, 2.05) is 30.3 Å². The standard InChI is InChI=1S/C32H40ClN3O5/c33-23-7-3-4-20(14-23)18-36-19-24-16-27(36)32(39)34-17-30-28(37)11-9-25(41-30)12-13-40-29-15-22(21-5-1-2-6-21)8-10-26(29)31(38)35-24/h3-4,7-8,10,14-15,21,24-25,27-28,30,37H,1-2,5-6,9,11-13,16-19H2,(H,34,39)(H,35,38)/t24-,25-,27-,28-,30+/m0/s1. The lowest BCUT2D eigenvalue weighted by Crippen LogP contribution is -2.50. The van der Waals surface area contributed by atoms with Crippen molar-refractivity contribution in [1.29, 1.82) is 0 Å². The third-order valence-electron chi connectivity index (χ3n) is 9.15. The number of rotatable bonds is 3. The second-order valence-corrected chi connectivity index (χ2v) is 12.5. The number of likely N-dealkylation sites (tertiary alicyclic amines) is 1. The topological polar surface area (TPSA) is 100 Å². The number of aliphatic hydroxyl groups is 1. The van der Waals surface area contributed by atoms with Crippen LogP contribution in [0.2, 0.25) is 5.02 Å². The maximum atomic E-state index is 13.6. The van der Waals surface area contributed by atoms with Gasteiger partial charge in [0.2, 0.25) is 5.91 Å². The van der Waals surface area contributed by atoms with E-state index in [0.29, 0.717) is 61.2 Å². The predicted octanol–water partition coefficient (Wildman–Crippen LogP) is 4.18. The monoisotopic (exact) mass is 581 g/mol. The van der Waals surface area contributed by atoms with Gasteiger partial charge in [-0.25, -0.2) is 0 Å². The number of nitrogens with zero attached hydrogens (tertiary/aromatic N) is 1. The van der Waals surface area contributed by atoms with Crippen LogP contribution in [0, 0.1) is 0 Å². The highest BCUT2D eigenvalue weighted by molar-refractivity contribution is 6.30. The Morgan fingerprint density at radius 1 is 1.02 bits per heavy atom. The summed E-state index contributed by atoms with van der Waals surface area (Å²) in [7, 11) is 0. The van der Waals surface area contributed by atoms with Gasteiger partial charge in [0.1, 0.15) is 11.9 Å². The maximum absolute atomic E-state index is 13.6. The third kappa shape index (κ3) is 6.72. The highest BCUT2D eigenvalue weighted by Gasteiger charge is 2.39. The molecule has 0 aromatic heterocycles. The fourth-order valence-corrected chi connectivity index (χ4v) is 7.12. The van der Waals surface area contributed by atoms with E-state index in [0.717, 1.165) is 12.0 Å². The molecule has 4 bridgehead atoms. The summed E-state index contributed by atoms with van der Waals surface area (Å²) < 4.78 is 12.5. The van der Waals surface area contributed by atoms with Crippen molar-refractivity contribution in [2.45, 2.75) is 94.2 Å². The number of hydrogen-bond acceptors (Lipinski definition) is 6. The normalized spacial score (nSPS) is 29.9. The molecule has 3 heterocycles. The van der Waals surface area contributed by atoms with Crippen molar-refractivity contribution >= 4 is 23.4 Å². The molecule has 3 aliphatic heterocycles. The molecule has 5 atom stereocenters. The number of amides is 2. The van der Waals surface area contributed by atoms with Crippen LogP contribution in [0.15, 0.2) is 42.5 Å². The van der Waals surface area contributed by atoms with E-state index in [1.165, 1.54) is 31.2 Å². The molecule has 6 rings (SSSR count). The van der Waals surface area contributed by atoms with Crippen LogP contribution in [-0.4, -0.2) is 71.9 Å². The fraction of sp³-hybridized carbons (Fsp3) is 0.562. The van der Waals surface area contributed by atoms with Crippen LogP contribution in [0.25, 0.3) is 0 Å². The van der Waals surface area contributed by atoms with Crippen molar-refractivity contribution < 1.29 is 24.2 Å². The number of nitrogens with one attached hydrogen (secondary N) is 2. The smallest absolute Gasteiger partial charge is 0.255 e. The number of aliphatic hydroxyl groups excluding tert-OH is 1. The molecule has 1 saturated carbocycles. The van der Waals surface area contributed by atoms with Crippen LogP contribution in [0.1, 0.15) is 78.8 Å². The minimum atomic E-state index is -0.626. The number of benzene rings is 2. The van der Waals surface area contributed by atoms with Gasteiger partial charge in [-0.15, -0.1) is 0 Å². The Kier molecular flexibility index (Phi) is 8.81. The van der Waals surface area contributed by atoms with Crippen molar-refractivity contribution in [1.82, 2.24) is 15.5 Å². The Labute approximate surface area is 246 Å². The average Bonchev–Trinajstić information content (AvgIpc) is 3.63. The molecule has 220 valence electrons. The van der Waals surface area contributed by atoms with Crippen molar-refractivity contribution in [2.24, 2.45) is 0 Å². The zero-order valence-corrected chi connectivity index (χ0v) is 24.2. The summed E-state index contributed by atoms with van der Waals surface area (Å²) >= 11 is 6.24. The van der Waals surface area contributed by atoms with E-state index in [1.54, 1.807) is 0 Å². The number of carbonyl (C=O) groups is 2. The summed E-state index contributed by atoms with van der Waals surface area (Å²) in [6, 6.07) is 13.0. The summed E-state index contributed by atoms with van der Waals surface area (Å²) in [5, 5.41) is 17.5. The van der Waals surface area contributed by atoms with Gasteiger partial charge < -0.3 is 25.2 Å². The van der Waals surface area contributed by atoms with Gasteiger partial charge in [0.15, 0.2) is 0 Å². The number of ether oxygens (including phenoxy) is 2. The van der Waals surface area contributed by atoms with Crippen molar-refractivity contribution in [3.63, 3.8) is 0 Å². The minimum Gasteiger partial charge on any atom is -0.493 e. The zero-order chi connectivity index (χ0) is 28.3. The van der Waals surface area contributed by atoms with Gasteiger partial charge in [-0.05, 0) is 73.4 Å². The lowest BCUT2D eigenvalue weighted by atomic mass is 9.95. The molecule has 0 unspecified atom stereocenters. The Bertz CT molecular complexity index is 1250. The van der Waals surface area contributed by atoms with Gasteiger partial charge in [-0.3, -0.25) is 14.5 Å². The van der Waals surface area contributed by atoms with E-state index in [2.05, 4.69) is 27.7 Å². The fourth-order valence-electron chi connectivity index (χ4n) is 6.91. The SMILES string of the molecule is O=C1N[C@H]2C[C@@H](C(=O)NC[C@H]3O[C@H](CCOc4cc(C5CCCC5)ccc41)CC[C@@H]3O)N(Cc1cccc(Cl)c1)C2. The summed E-state index contributed by atoms with van der Waals surface area (Å²) in [6.07, 6.45) is 6.08. The van der Waals surface area contributed by atoms with Crippen molar-refractivity contribution in [2.75, 3.05) is 19.7 Å². The van der Waals surface area contributed by atoms with Crippen LogP contribution < -0.4 is 15.4 Å². The quantitative estimate of drug-likeness (QED) is 0.503. The lowest BCUT2D eigenvalue weighted by molar-refractivity contribution is -0.133. The van der Waals surface area contributed by atoms with E-state index >= 15 is 0 Å². The lowest BCUT2D eigenvalue weighted by Gasteiger charge is -2.34. The third-order valence-corrected chi connectivity index (χ3v) is 9.38. The Morgan fingerprint density at radius 3 is 2.71 bits per heavy atom. The van der Waals surface area contributed by atoms with E-state index < -0.39 is 18.2 Å². The molecule has 3 fully saturated rings. The molecular formula is C32H40ClN3O5. The minimum absolute atomic E-state index is 0.0845. The Hall–Kier alpha value is -2.65. The molecule has 2 aromatic carbocycles. The molecule has 3 N–H and O–H groups in total. The van der Waals surface area contributed by atoms with Gasteiger partial charge in [0, 0.05) is 37.1 Å². The largest absolute Gasteiger partial charge is 0.493 e.